The Hall–Kier alpha value is -2.34. The van der Waals surface area contributed by atoms with E-state index in [0.717, 1.165) is 6.07 Å². The summed E-state index contributed by atoms with van der Waals surface area (Å²) in [6.45, 7) is 0.450. The number of benzene rings is 1. The van der Waals surface area contributed by atoms with E-state index in [0.29, 0.717) is 42.3 Å². The van der Waals surface area contributed by atoms with Gasteiger partial charge in [-0.3, -0.25) is 10.0 Å². The zero-order valence-corrected chi connectivity index (χ0v) is 19.5. The SMILES string of the molecule is O=CN(O)[C@H](CCCc1ncccn1)CS(=O)(=O)N1CCC(Oc2ccc(F)cc2Cl)CC1. The number of sulfonamides is 1. The van der Waals surface area contributed by atoms with E-state index in [-0.39, 0.29) is 37.0 Å². The number of hydrogen-bond acceptors (Lipinski definition) is 7. The van der Waals surface area contributed by atoms with Crippen molar-refractivity contribution >= 4 is 28.0 Å². The van der Waals surface area contributed by atoms with Crippen molar-refractivity contribution in [3.63, 3.8) is 0 Å². The molecule has 33 heavy (non-hydrogen) atoms. The van der Waals surface area contributed by atoms with Gasteiger partial charge in [0.05, 0.1) is 16.8 Å². The van der Waals surface area contributed by atoms with E-state index < -0.39 is 27.6 Å². The van der Waals surface area contributed by atoms with E-state index in [4.69, 9.17) is 16.3 Å². The summed E-state index contributed by atoms with van der Waals surface area (Å²) in [6, 6.07) is 4.67. The second-order valence-electron chi connectivity index (χ2n) is 7.77. The molecular weight excluding hydrogens is 475 g/mol. The second-order valence-corrected chi connectivity index (χ2v) is 10.2. The van der Waals surface area contributed by atoms with Gasteiger partial charge >= 0.3 is 0 Å². The molecule has 1 atom stereocenters. The highest BCUT2D eigenvalue weighted by Gasteiger charge is 2.32. The summed E-state index contributed by atoms with van der Waals surface area (Å²) in [4.78, 5) is 19.3. The first-order valence-corrected chi connectivity index (χ1v) is 12.5. The van der Waals surface area contributed by atoms with Gasteiger partial charge in [-0.05, 0) is 49.9 Å². The largest absolute Gasteiger partial charge is 0.489 e. The van der Waals surface area contributed by atoms with Crippen molar-refractivity contribution in [3.8, 4) is 5.75 Å². The third-order valence-electron chi connectivity index (χ3n) is 5.42. The third-order valence-corrected chi connectivity index (χ3v) is 7.68. The van der Waals surface area contributed by atoms with Crippen molar-refractivity contribution < 1.29 is 27.5 Å². The lowest BCUT2D eigenvalue weighted by Crippen LogP contribution is -2.47. The maximum Gasteiger partial charge on any atom is 0.233 e. The summed E-state index contributed by atoms with van der Waals surface area (Å²) in [5, 5.41) is 10.5. The van der Waals surface area contributed by atoms with Crippen LogP contribution in [0.25, 0.3) is 0 Å². The molecule has 1 aromatic carbocycles. The third kappa shape index (κ3) is 7.32. The van der Waals surface area contributed by atoms with Gasteiger partial charge < -0.3 is 4.74 Å². The number of carbonyl (C=O) groups is 1. The Bertz CT molecular complexity index is 1020. The number of hydroxylamine groups is 2. The molecule has 3 rings (SSSR count). The first kappa shape index (κ1) is 25.3. The van der Waals surface area contributed by atoms with E-state index in [1.807, 2.05) is 0 Å². The minimum Gasteiger partial charge on any atom is -0.489 e. The van der Waals surface area contributed by atoms with E-state index in [1.54, 1.807) is 18.5 Å². The summed E-state index contributed by atoms with van der Waals surface area (Å²) >= 11 is 6.00. The first-order valence-electron chi connectivity index (χ1n) is 10.6. The van der Waals surface area contributed by atoms with Gasteiger partial charge in [-0.25, -0.2) is 32.1 Å². The topological polar surface area (TPSA) is 113 Å². The fourth-order valence-electron chi connectivity index (χ4n) is 3.66. The average Bonchev–Trinajstić information content (AvgIpc) is 2.80. The Morgan fingerprint density at radius 2 is 2.00 bits per heavy atom. The number of nitrogens with zero attached hydrogens (tertiary/aromatic N) is 4. The summed E-state index contributed by atoms with van der Waals surface area (Å²) < 4.78 is 46.2. The molecule has 1 amide bonds. The lowest BCUT2D eigenvalue weighted by Gasteiger charge is -2.33. The molecule has 2 aromatic rings. The zero-order valence-electron chi connectivity index (χ0n) is 17.9. The predicted molar refractivity (Wildman–Crippen MR) is 119 cm³/mol. The lowest BCUT2D eigenvalue weighted by atomic mass is 10.1. The Kier molecular flexibility index (Phi) is 8.95. The van der Waals surface area contributed by atoms with Crippen molar-refractivity contribution in [2.24, 2.45) is 0 Å². The van der Waals surface area contributed by atoms with E-state index >= 15 is 0 Å². The highest BCUT2D eigenvalue weighted by molar-refractivity contribution is 7.89. The molecule has 0 radical (unpaired) electrons. The number of amides is 1. The van der Waals surface area contributed by atoms with Crippen LogP contribution in [0.4, 0.5) is 4.39 Å². The zero-order chi connectivity index (χ0) is 23.8. The number of hydrogen-bond donors (Lipinski definition) is 1. The van der Waals surface area contributed by atoms with E-state index in [1.165, 1.54) is 16.4 Å². The molecular formula is C21H26ClFN4O5S. The standard InChI is InChI=1S/C21H26ClFN4O5S/c22-19-13-16(23)5-6-20(19)32-18-7-11-26(12-8-18)33(30,31)14-17(27(29)15-28)3-1-4-21-24-9-2-10-25-21/h2,5-6,9-10,13,15,17-18,29H,1,3-4,7-8,11-12,14H2/t17-/m1/s1. The van der Waals surface area contributed by atoms with Crippen LogP contribution in [0.3, 0.4) is 0 Å². The van der Waals surface area contributed by atoms with Gasteiger partial charge in [0.1, 0.15) is 23.5 Å². The fourth-order valence-corrected chi connectivity index (χ4v) is 5.66. The van der Waals surface area contributed by atoms with Crippen LogP contribution in [0.15, 0.2) is 36.7 Å². The van der Waals surface area contributed by atoms with Crippen molar-refractivity contribution in [1.29, 1.82) is 0 Å². The molecule has 1 fully saturated rings. The molecule has 1 N–H and O–H groups in total. The lowest BCUT2D eigenvalue weighted by molar-refractivity contribution is -0.158. The number of carbonyl (C=O) groups excluding carboxylic acids is 1. The highest BCUT2D eigenvalue weighted by Crippen LogP contribution is 2.28. The number of piperidine rings is 1. The maximum absolute atomic E-state index is 13.2. The van der Waals surface area contributed by atoms with Crippen molar-refractivity contribution in [1.82, 2.24) is 19.3 Å². The average molecular weight is 501 g/mol. The molecule has 0 spiro atoms. The summed E-state index contributed by atoms with van der Waals surface area (Å²) in [5.41, 5.74) is 0. The molecule has 1 aliphatic rings. The Labute approximate surface area is 197 Å². The molecule has 9 nitrogen and oxygen atoms in total. The van der Waals surface area contributed by atoms with Crippen molar-refractivity contribution in [2.75, 3.05) is 18.8 Å². The smallest absolute Gasteiger partial charge is 0.233 e. The maximum atomic E-state index is 13.2. The Balaban J connectivity index is 1.53. The van der Waals surface area contributed by atoms with Gasteiger partial charge in [0.15, 0.2) is 0 Å². The minimum atomic E-state index is -3.73. The van der Waals surface area contributed by atoms with Crippen LogP contribution in [0.1, 0.15) is 31.5 Å². The van der Waals surface area contributed by atoms with Crippen LogP contribution in [-0.2, 0) is 21.2 Å². The van der Waals surface area contributed by atoms with Crippen LogP contribution in [0, 0.1) is 5.82 Å². The van der Waals surface area contributed by atoms with E-state index in [9.17, 15) is 22.8 Å². The van der Waals surface area contributed by atoms with Crippen molar-refractivity contribution in [2.45, 2.75) is 44.2 Å². The van der Waals surface area contributed by atoms with Gasteiger partial charge in [-0.2, -0.15) is 0 Å². The number of halogens is 2. The minimum absolute atomic E-state index is 0.158. The molecule has 1 saturated heterocycles. The molecule has 0 saturated carbocycles. The van der Waals surface area contributed by atoms with Gasteiger partial charge in [-0.15, -0.1) is 0 Å². The number of rotatable bonds is 11. The van der Waals surface area contributed by atoms with Gasteiger partial charge in [0.25, 0.3) is 0 Å². The van der Waals surface area contributed by atoms with Crippen LogP contribution < -0.4 is 4.74 Å². The van der Waals surface area contributed by atoms with Crippen molar-refractivity contribution in [3.05, 3.63) is 53.3 Å². The molecule has 180 valence electrons. The number of aromatic nitrogens is 2. The monoisotopic (exact) mass is 500 g/mol. The van der Waals surface area contributed by atoms with Gasteiger partial charge in [-0.1, -0.05) is 11.6 Å². The normalized spacial score (nSPS) is 16.3. The molecule has 0 unspecified atom stereocenters. The van der Waals surface area contributed by atoms with Gasteiger partial charge in [0.2, 0.25) is 16.4 Å². The van der Waals surface area contributed by atoms with Gasteiger partial charge in [0, 0.05) is 31.9 Å². The molecule has 0 aliphatic carbocycles. The molecule has 2 heterocycles. The summed E-state index contributed by atoms with van der Waals surface area (Å²) in [6.07, 6.45) is 5.32. The second kappa shape index (κ2) is 11.7. The first-order chi connectivity index (χ1) is 15.8. The highest BCUT2D eigenvalue weighted by atomic mass is 35.5. The number of ether oxygens (including phenoxy) is 1. The van der Waals surface area contributed by atoms with Crippen LogP contribution in [0.5, 0.6) is 5.75 Å². The van der Waals surface area contributed by atoms with E-state index in [2.05, 4.69) is 9.97 Å². The number of aryl methyl sites for hydroxylation is 1. The fraction of sp³-hybridized carbons (Fsp3) is 0.476. The van der Waals surface area contributed by atoms with Crippen LogP contribution in [0.2, 0.25) is 5.02 Å². The molecule has 1 aromatic heterocycles. The summed E-state index contributed by atoms with van der Waals surface area (Å²) in [7, 11) is -3.73. The quantitative estimate of drug-likeness (QED) is 0.286. The Morgan fingerprint density at radius 3 is 2.64 bits per heavy atom. The molecule has 12 heteroatoms. The predicted octanol–water partition coefficient (Wildman–Crippen LogP) is 2.68. The summed E-state index contributed by atoms with van der Waals surface area (Å²) in [5.74, 6) is 0.0989. The molecule has 1 aliphatic heterocycles. The van der Waals surface area contributed by atoms with Crippen LogP contribution in [-0.4, -0.2) is 70.4 Å². The Morgan fingerprint density at radius 1 is 1.30 bits per heavy atom. The van der Waals surface area contributed by atoms with Crippen LogP contribution >= 0.6 is 11.6 Å². The molecule has 0 bridgehead atoms.